The molecule has 0 saturated heterocycles. The van der Waals surface area contributed by atoms with Crippen molar-refractivity contribution in [3.05, 3.63) is 29.8 Å². The predicted octanol–water partition coefficient (Wildman–Crippen LogP) is 3.42. The zero-order valence-corrected chi connectivity index (χ0v) is 12.1. The minimum absolute atomic E-state index is 0.562. The Bertz CT molecular complexity index is 382. The molecule has 2 heteroatoms. The topological polar surface area (TPSA) is 15.3 Å². The van der Waals surface area contributed by atoms with Gasteiger partial charge < -0.3 is 10.2 Å². The summed E-state index contributed by atoms with van der Waals surface area (Å²) in [6.07, 6.45) is 2.70. The van der Waals surface area contributed by atoms with Gasteiger partial charge in [-0.25, -0.2) is 0 Å². The van der Waals surface area contributed by atoms with E-state index < -0.39 is 0 Å². The highest BCUT2D eigenvalue weighted by molar-refractivity contribution is 5.53. The molecule has 0 radical (unpaired) electrons. The lowest BCUT2D eigenvalue weighted by Crippen LogP contribution is -2.34. The van der Waals surface area contributed by atoms with Crippen molar-refractivity contribution in [2.24, 2.45) is 5.92 Å². The van der Waals surface area contributed by atoms with Crippen LogP contribution in [0.2, 0.25) is 0 Å². The predicted molar refractivity (Wildman–Crippen MR) is 79.0 cm³/mol. The molecule has 0 aliphatic heterocycles. The van der Waals surface area contributed by atoms with Gasteiger partial charge in [0.2, 0.25) is 0 Å². The maximum absolute atomic E-state index is 3.61. The standard InChI is InChI=1S/C16H26N2/c1-12(2)13(3)18(4)16-8-6-5-7-14(16)11-17-15-9-10-15/h5-8,12-13,15,17H,9-11H2,1-4H3. The van der Waals surface area contributed by atoms with Crippen LogP contribution < -0.4 is 10.2 Å². The van der Waals surface area contributed by atoms with E-state index in [2.05, 4.69) is 62.3 Å². The number of anilines is 1. The summed E-state index contributed by atoms with van der Waals surface area (Å²) >= 11 is 0. The molecule has 0 bridgehead atoms. The molecule has 1 fully saturated rings. The van der Waals surface area contributed by atoms with E-state index in [1.807, 2.05) is 0 Å². The number of rotatable bonds is 6. The third-order valence-electron chi connectivity index (χ3n) is 4.11. The molecule has 0 heterocycles. The van der Waals surface area contributed by atoms with Gasteiger partial charge in [-0.1, -0.05) is 32.0 Å². The van der Waals surface area contributed by atoms with Crippen LogP contribution in [0.4, 0.5) is 5.69 Å². The molecule has 2 rings (SSSR count). The lowest BCUT2D eigenvalue weighted by atomic mass is 10.0. The van der Waals surface area contributed by atoms with Crippen molar-refractivity contribution in [3.8, 4) is 0 Å². The molecule has 1 N–H and O–H groups in total. The van der Waals surface area contributed by atoms with Crippen LogP contribution in [0, 0.1) is 5.92 Å². The first-order valence-electron chi connectivity index (χ1n) is 7.13. The smallest absolute Gasteiger partial charge is 0.0411 e. The fourth-order valence-corrected chi connectivity index (χ4v) is 2.21. The molecule has 18 heavy (non-hydrogen) atoms. The van der Waals surface area contributed by atoms with Crippen LogP contribution in [0.15, 0.2) is 24.3 Å². The fraction of sp³-hybridized carbons (Fsp3) is 0.625. The SMILES string of the molecule is CC(C)C(C)N(C)c1ccccc1CNC1CC1. The average molecular weight is 246 g/mol. The Labute approximate surface area is 111 Å². The van der Waals surface area contributed by atoms with Crippen molar-refractivity contribution in [1.29, 1.82) is 0 Å². The second-order valence-electron chi connectivity index (χ2n) is 5.88. The molecule has 1 saturated carbocycles. The van der Waals surface area contributed by atoms with Crippen molar-refractivity contribution in [1.82, 2.24) is 5.32 Å². The van der Waals surface area contributed by atoms with Gasteiger partial charge in [-0.05, 0) is 37.3 Å². The van der Waals surface area contributed by atoms with Gasteiger partial charge in [0.1, 0.15) is 0 Å². The van der Waals surface area contributed by atoms with E-state index >= 15 is 0 Å². The van der Waals surface area contributed by atoms with Crippen LogP contribution in [-0.4, -0.2) is 19.1 Å². The Morgan fingerprint density at radius 1 is 1.22 bits per heavy atom. The molecule has 1 aromatic rings. The second-order valence-corrected chi connectivity index (χ2v) is 5.88. The van der Waals surface area contributed by atoms with E-state index in [0.29, 0.717) is 12.0 Å². The average Bonchev–Trinajstić information content (AvgIpc) is 3.19. The molecule has 0 amide bonds. The van der Waals surface area contributed by atoms with Crippen molar-refractivity contribution in [3.63, 3.8) is 0 Å². The minimum Gasteiger partial charge on any atom is -0.371 e. The molecule has 1 aliphatic carbocycles. The van der Waals surface area contributed by atoms with Crippen LogP contribution in [0.1, 0.15) is 39.2 Å². The van der Waals surface area contributed by atoms with Gasteiger partial charge in [-0.2, -0.15) is 0 Å². The lowest BCUT2D eigenvalue weighted by molar-refractivity contribution is 0.504. The van der Waals surface area contributed by atoms with Gasteiger partial charge in [-0.15, -0.1) is 0 Å². The molecule has 1 unspecified atom stereocenters. The molecule has 0 aromatic heterocycles. The summed E-state index contributed by atoms with van der Waals surface area (Å²) in [6.45, 7) is 7.87. The molecule has 1 aromatic carbocycles. The maximum atomic E-state index is 3.61. The first kappa shape index (κ1) is 13.4. The molecule has 0 spiro atoms. The van der Waals surface area contributed by atoms with Gasteiger partial charge in [0.15, 0.2) is 0 Å². The summed E-state index contributed by atoms with van der Waals surface area (Å²) < 4.78 is 0. The number of benzene rings is 1. The number of para-hydroxylation sites is 1. The summed E-state index contributed by atoms with van der Waals surface area (Å²) in [5.74, 6) is 0.666. The molecule has 2 nitrogen and oxygen atoms in total. The summed E-state index contributed by atoms with van der Waals surface area (Å²) in [4.78, 5) is 2.41. The van der Waals surface area contributed by atoms with Crippen molar-refractivity contribution < 1.29 is 0 Å². The third kappa shape index (κ3) is 3.26. The molecular formula is C16H26N2. The highest BCUT2D eigenvalue weighted by atomic mass is 15.1. The summed E-state index contributed by atoms with van der Waals surface area (Å²) in [7, 11) is 2.21. The Morgan fingerprint density at radius 3 is 2.50 bits per heavy atom. The highest BCUT2D eigenvalue weighted by Gasteiger charge is 2.21. The summed E-state index contributed by atoms with van der Waals surface area (Å²) in [6, 6.07) is 10.1. The number of nitrogens with one attached hydrogen (secondary N) is 1. The Hall–Kier alpha value is -1.02. The van der Waals surface area contributed by atoms with E-state index in [0.717, 1.165) is 12.6 Å². The monoisotopic (exact) mass is 246 g/mol. The Morgan fingerprint density at radius 2 is 1.89 bits per heavy atom. The molecule has 1 aliphatic rings. The van der Waals surface area contributed by atoms with E-state index in [1.54, 1.807) is 0 Å². The van der Waals surface area contributed by atoms with Crippen LogP contribution in [0.3, 0.4) is 0 Å². The van der Waals surface area contributed by atoms with Gasteiger partial charge in [0, 0.05) is 31.4 Å². The van der Waals surface area contributed by atoms with Gasteiger partial charge in [0.25, 0.3) is 0 Å². The van der Waals surface area contributed by atoms with Gasteiger partial charge in [0.05, 0.1) is 0 Å². The quantitative estimate of drug-likeness (QED) is 0.827. The van der Waals surface area contributed by atoms with Crippen LogP contribution >= 0.6 is 0 Å². The normalized spacial score (nSPS) is 16.9. The third-order valence-corrected chi connectivity index (χ3v) is 4.11. The van der Waals surface area contributed by atoms with Crippen LogP contribution in [0.25, 0.3) is 0 Å². The summed E-state index contributed by atoms with van der Waals surface area (Å²) in [5, 5.41) is 3.61. The van der Waals surface area contributed by atoms with Crippen molar-refractivity contribution >= 4 is 5.69 Å². The van der Waals surface area contributed by atoms with E-state index in [9.17, 15) is 0 Å². The van der Waals surface area contributed by atoms with E-state index in [1.165, 1.54) is 24.1 Å². The largest absolute Gasteiger partial charge is 0.371 e. The first-order valence-corrected chi connectivity index (χ1v) is 7.13. The van der Waals surface area contributed by atoms with Crippen LogP contribution in [0.5, 0.6) is 0 Å². The lowest BCUT2D eigenvalue weighted by Gasteiger charge is -2.31. The zero-order chi connectivity index (χ0) is 13.1. The summed E-state index contributed by atoms with van der Waals surface area (Å²) in [5.41, 5.74) is 2.78. The van der Waals surface area contributed by atoms with Gasteiger partial charge in [-0.3, -0.25) is 0 Å². The van der Waals surface area contributed by atoms with E-state index in [4.69, 9.17) is 0 Å². The number of hydrogen-bond acceptors (Lipinski definition) is 2. The molecule has 100 valence electrons. The minimum atomic E-state index is 0.562. The van der Waals surface area contributed by atoms with E-state index in [-0.39, 0.29) is 0 Å². The Kier molecular flexibility index (Phi) is 4.28. The maximum Gasteiger partial charge on any atom is 0.0411 e. The number of nitrogens with zero attached hydrogens (tertiary/aromatic N) is 1. The zero-order valence-electron chi connectivity index (χ0n) is 12.1. The highest BCUT2D eigenvalue weighted by Crippen LogP contribution is 2.25. The fourth-order valence-electron chi connectivity index (χ4n) is 2.21. The Balaban J connectivity index is 2.09. The van der Waals surface area contributed by atoms with Gasteiger partial charge >= 0.3 is 0 Å². The molecule has 1 atom stereocenters. The van der Waals surface area contributed by atoms with Crippen LogP contribution in [-0.2, 0) is 6.54 Å². The number of hydrogen-bond donors (Lipinski definition) is 1. The first-order chi connectivity index (χ1) is 8.59. The van der Waals surface area contributed by atoms with Crippen molar-refractivity contribution in [2.45, 2.75) is 52.2 Å². The second kappa shape index (κ2) is 5.75. The molecular weight excluding hydrogens is 220 g/mol. The van der Waals surface area contributed by atoms with Crippen molar-refractivity contribution in [2.75, 3.05) is 11.9 Å².